The lowest BCUT2D eigenvalue weighted by molar-refractivity contribution is -0.137. The third-order valence-electron chi connectivity index (χ3n) is 4.26. The molecule has 1 aliphatic heterocycles. The molecule has 0 unspecified atom stereocenters. The second-order valence-electron chi connectivity index (χ2n) is 5.76. The Kier molecular flexibility index (Phi) is 2.88. The number of benzene rings is 1. The van der Waals surface area contributed by atoms with Crippen molar-refractivity contribution < 1.29 is 17.6 Å². The first-order chi connectivity index (χ1) is 12.5. The molecule has 0 N–H and O–H groups in total. The van der Waals surface area contributed by atoms with E-state index in [1.54, 1.807) is 10.9 Å². The minimum Gasteiger partial charge on any atom is -0.443 e. The Balaban J connectivity index is 1.79. The van der Waals surface area contributed by atoms with Crippen LogP contribution in [-0.2, 0) is 12.6 Å². The lowest BCUT2D eigenvalue weighted by Gasteiger charge is -2.13. The molecule has 3 aromatic heterocycles. The van der Waals surface area contributed by atoms with Crippen LogP contribution in [0.4, 0.5) is 13.2 Å². The summed E-state index contributed by atoms with van der Waals surface area (Å²) in [6, 6.07) is 3.50. The van der Waals surface area contributed by atoms with Crippen LogP contribution < -0.4 is 0 Å². The van der Waals surface area contributed by atoms with Gasteiger partial charge in [-0.1, -0.05) is 5.21 Å². The maximum atomic E-state index is 13.2. The van der Waals surface area contributed by atoms with Crippen molar-refractivity contribution in [2.24, 2.45) is 0 Å². The van der Waals surface area contributed by atoms with Crippen LogP contribution in [0.5, 0.6) is 0 Å². The molecule has 130 valence electrons. The molecule has 4 aromatic rings. The molecule has 4 heterocycles. The normalized spacial score (nSPS) is 13.0. The Hall–Kier alpha value is -3.43. The Morgan fingerprint density at radius 1 is 1.12 bits per heavy atom. The molecule has 0 radical (unpaired) electrons. The highest BCUT2D eigenvalue weighted by molar-refractivity contribution is 5.62. The zero-order valence-electron chi connectivity index (χ0n) is 13.0. The Bertz CT molecular complexity index is 1110. The minimum atomic E-state index is -4.46. The van der Waals surface area contributed by atoms with Gasteiger partial charge in [-0.25, -0.2) is 14.6 Å². The average Bonchev–Trinajstić information content (AvgIpc) is 3.33. The van der Waals surface area contributed by atoms with Crippen molar-refractivity contribution in [3.05, 3.63) is 60.1 Å². The molecule has 1 aliphatic rings. The first-order valence-electron chi connectivity index (χ1n) is 7.60. The Morgan fingerprint density at radius 2 is 2.00 bits per heavy atom. The molecule has 0 saturated heterocycles. The van der Waals surface area contributed by atoms with E-state index in [1.165, 1.54) is 29.4 Å². The summed E-state index contributed by atoms with van der Waals surface area (Å²) < 4.78 is 48.0. The number of hydrogen-bond acceptors (Lipinski definition) is 5. The molecule has 5 rings (SSSR count). The van der Waals surface area contributed by atoms with E-state index in [2.05, 4.69) is 20.3 Å². The molecule has 0 spiro atoms. The van der Waals surface area contributed by atoms with Crippen LogP contribution in [-0.4, -0.2) is 29.5 Å². The number of alkyl halides is 3. The highest BCUT2D eigenvalue weighted by Crippen LogP contribution is 2.36. The molecule has 10 heteroatoms. The molecule has 0 amide bonds. The molecular formula is C16H9F3N6O. The first kappa shape index (κ1) is 14.9. The fraction of sp³-hybridized carbons (Fsp3) is 0.125. The van der Waals surface area contributed by atoms with E-state index in [-0.39, 0.29) is 5.69 Å². The number of halogens is 3. The summed E-state index contributed by atoms with van der Waals surface area (Å²) in [7, 11) is 0. The van der Waals surface area contributed by atoms with E-state index in [0.29, 0.717) is 29.4 Å². The van der Waals surface area contributed by atoms with E-state index in [9.17, 15) is 13.2 Å². The van der Waals surface area contributed by atoms with Gasteiger partial charge in [-0.15, -0.1) is 5.10 Å². The largest absolute Gasteiger partial charge is 0.443 e. The molecule has 26 heavy (non-hydrogen) atoms. The number of oxazole rings is 1. The average molecular weight is 358 g/mol. The third-order valence-corrected chi connectivity index (χ3v) is 4.26. The summed E-state index contributed by atoms with van der Waals surface area (Å²) in [5.74, 6) is 0.341. The second kappa shape index (κ2) is 5.04. The smallest absolute Gasteiger partial charge is 0.416 e. The van der Waals surface area contributed by atoms with Crippen molar-refractivity contribution in [2.45, 2.75) is 12.6 Å². The first-order valence-corrected chi connectivity index (χ1v) is 7.60. The predicted molar refractivity (Wildman–Crippen MR) is 81.8 cm³/mol. The molecule has 0 atom stereocenters. The van der Waals surface area contributed by atoms with Crippen molar-refractivity contribution in [3.8, 4) is 23.0 Å². The Morgan fingerprint density at radius 3 is 2.77 bits per heavy atom. The van der Waals surface area contributed by atoms with Crippen LogP contribution in [0.25, 0.3) is 23.0 Å². The summed E-state index contributed by atoms with van der Waals surface area (Å²) in [4.78, 5) is 8.46. The van der Waals surface area contributed by atoms with E-state index in [1.807, 2.05) is 0 Å². The molecule has 0 saturated carbocycles. The number of aromatic nitrogens is 6. The van der Waals surface area contributed by atoms with Gasteiger partial charge in [0.05, 0.1) is 40.7 Å². The van der Waals surface area contributed by atoms with E-state index in [0.717, 1.165) is 17.8 Å². The van der Waals surface area contributed by atoms with Gasteiger partial charge in [0.1, 0.15) is 18.3 Å². The van der Waals surface area contributed by atoms with Gasteiger partial charge in [0, 0.05) is 6.42 Å². The van der Waals surface area contributed by atoms with Crippen molar-refractivity contribution in [1.29, 1.82) is 0 Å². The van der Waals surface area contributed by atoms with Gasteiger partial charge in [0.25, 0.3) is 0 Å². The van der Waals surface area contributed by atoms with Gasteiger partial charge in [0.15, 0.2) is 0 Å². The zero-order chi connectivity index (χ0) is 17.9. The lowest BCUT2D eigenvalue weighted by atomic mass is 10.1. The van der Waals surface area contributed by atoms with Crippen LogP contribution >= 0.6 is 0 Å². The van der Waals surface area contributed by atoms with Crippen molar-refractivity contribution in [1.82, 2.24) is 29.5 Å². The molecule has 7 nitrogen and oxygen atoms in total. The molecule has 1 aromatic carbocycles. The van der Waals surface area contributed by atoms with Crippen LogP contribution in [0.2, 0.25) is 0 Å². The topological polar surface area (TPSA) is 74.6 Å². The number of rotatable bonds is 1. The molecule has 0 fully saturated rings. The highest BCUT2D eigenvalue weighted by atomic mass is 19.4. The van der Waals surface area contributed by atoms with Crippen molar-refractivity contribution in [3.63, 3.8) is 0 Å². The fourth-order valence-electron chi connectivity index (χ4n) is 3.09. The van der Waals surface area contributed by atoms with Gasteiger partial charge in [-0.3, -0.25) is 4.57 Å². The monoisotopic (exact) mass is 358 g/mol. The molecule has 0 bridgehead atoms. The van der Waals surface area contributed by atoms with Crippen LogP contribution in [0.1, 0.15) is 17.0 Å². The maximum absolute atomic E-state index is 13.2. The quantitative estimate of drug-likeness (QED) is 0.460. The predicted octanol–water partition coefficient (Wildman–Crippen LogP) is 3.03. The summed E-state index contributed by atoms with van der Waals surface area (Å²) >= 11 is 0. The van der Waals surface area contributed by atoms with E-state index >= 15 is 0 Å². The molecular weight excluding hydrogens is 349 g/mol. The van der Waals surface area contributed by atoms with Crippen molar-refractivity contribution in [2.75, 3.05) is 0 Å². The van der Waals surface area contributed by atoms with Crippen molar-refractivity contribution >= 4 is 0 Å². The number of imidazole rings is 1. The van der Waals surface area contributed by atoms with E-state index < -0.39 is 11.7 Å². The Labute approximate surface area is 143 Å². The zero-order valence-corrected chi connectivity index (χ0v) is 13.0. The van der Waals surface area contributed by atoms with Crippen LogP contribution in [0, 0.1) is 0 Å². The number of nitrogens with zero attached hydrogens (tertiary/aromatic N) is 6. The van der Waals surface area contributed by atoms with Gasteiger partial charge in [-0.2, -0.15) is 13.2 Å². The van der Waals surface area contributed by atoms with Gasteiger partial charge < -0.3 is 4.42 Å². The lowest BCUT2D eigenvalue weighted by Crippen LogP contribution is -2.09. The number of fused-ring (bicyclic) bond motifs is 5. The van der Waals surface area contributed by atoms with Crippen LogP contribution in [0.3, 0.4) is 0 Å². The van der Waals surface area contributed by atoms with E-state index in [4.69, 9.17) is 4.42 Å². The summed E-state index contributed by atoms with van der Waals surface area (Å²) in [5, 5.41) is 7.81. The highest BCUT2D eigenvalue weighted by Gasteiger charge is 2.33. The van der Waals surface area contributed by atoms with Gasteiger partial charge in [-0.05, 0) is 18.2 Å². The molecule has 0 aliphatic carbocycles. The summed E-state index contributed by atoms with van der Waals surface area (Å²) in [5.41, 5.74) is 1.93. The summed E-state index contributed by atoms with van der Waals surface area (Å²) in [6.07, 6.45) is 1.91. The van der Waals surface area contributed by atoms with Gasteiger partial charge in [0.2, 0.25) is 5.89 Å². The van der Waals surface area contributed by atoms with Crippen LogP contribution in [0.15, 0.2) is 47.6 Å². The second-order valence-corrected chi connectivity index (χ2v) is 5.76. The minimum absolute atomic E-state index is 0.280. The standard InChI is InChI=1S/C16H9F3N6O/c17-16(18,19)9-1-2-11-12(5-9)25-10(7-22-23-25)6-13-14(21-8-24(11)13)15-20-3-4-26-15/h1-5,7-8H,6H2. The fourth-order valence-corrected chi connectivity index (χ4v) is 3.09. The summed E-state index contributed by atoms with van der Waals surface area (Å²) in [6.45, 7) is 0. The van der Waals surface area contributed by atoms with Gasteiger partial charge >= 0.3 is 6.18 Å². The maximum Gasteiger partial charge on any atom is 0.416 e. The third kappa shape index (κ3) is 2.08. The SMILES string of the molecule is FC(F)(F)c1ccc2c(c1)-n1nncc1Cc1c(-c3ncco3)ncn1-2. The number of hydrogen-bond donors (Lipinski definition) is 0.